The fraction of sp³-hybridized carbons (Fsp3) is 0.0667. The first-order valence-corrected chi connectivity index (χ1v) is 6.67. The van der Waals surface area contributed by atoms with E-state index in [-0.39, 0.29) is 11.3 Å². The summed E-state index contributed by atoms with van der Waals surface area (Å²) in [6.07, 6.45) is 0.382. The molecular weight excluding hydrogens is 310 g/mol. The lowest BCUT2D eigenvalue weighted by atomic mass is 9.99. The summed E-state index contributed by atoms with van der Waals surface area (Å²) in [6, 6.07) is 10.7. The van der Waals surface area contributed by atoms with Crippen LogP contribution in [0.15, 0.2) is 46.5 Å². The Hall–Kier alpha value is -2.73. The summed E-state index contributed by atoms with van der Waals surface area (Å²) in [5.74, 6) is -1.92. The zero-order valence-corrected chi connectivity index (χ0v) is 11.8. The van der Waals surface area contributed by atoms with Crippen LogP contribution in [0.1, 0.15) is 27.4 Å². The van der Waals surface area contributed by atoms with Crippen LogP contribution in [0.25, 0.3) is 5.03 Å². The highest BCUT2D eigenvalue weighted by Crippen LogP contribution is 2.35. The molecular formula is C15H8ClNO5. The number of carbonyl (C=O) groups is 2. The van der Waals surface area contributed by atoms with E-state index in [2.05, 4.69) is 0 Å². The van der Waals surface area contributed by atoms with Crippen molar-refractivity contribution in [3.8, 4) is 0 Å². The van der Waals surface area contributed by atoms with Gasteiger partial charge in [0, 0.05) is 6.42 Å². The lowest BCUT2D eigenvalue weighted by molar-refractivity contribution is -0.417. The molecule has 22 heavy (non-hydrogen) atoms. The normalized spacial score (nSPS) is 14.2. The molecule has 0 saturated carbocycles. The molecule has 0 bridgehead atoms. The monoisotopic (exact) mass is 317 g/mol. The molecule has 0 saturated heterocycles. The Kier molecular flexibility index (Phi) is 3.38. The number of nitro groups is 1. The average Bonchev–Trinajstić information content (AvgIpc) is 2.90. The van der Waals surface area contributed by atoms with Gasteiger partial charge in [0.25, 0.3) is 0 Å². The fourth-order valence-corrected chi connectivity index (χ4v) is 2.55. The third-order valence-corrected chi connectivity index (χ3v) is 3.61. The van der Waals surface area contributed by atoms with Gasteiger partial charge >= 0.3 is 11.5 Å². The van der Waals surface area contributed by atoms with E-state index in [1.807, 2.05) is 30.3 Å². The Morgan fingerprint density at radius 1 is 1.14 bits per heavy atom. The van der Waals surface area contributed by atoms with Crippen molar-refractivity contribution < 1.29 is 18.9 Å². The van der Waals surface area contributed by atoms with Crippen molar-refractivity contribution in [3.63, 3.8) is 0 Å². The Labute approximate surface area is 129 Å². The van der Waals surface area contributed by atoms with Gasteiger partial charge in [0.15, 0.2) is 10.8 Å². The molecule has 0 spiro atoms. The summed E-state index contributed by atoms with van der Waals surface area (Å²) < 4.78 is 5.45. The minimum atomic E-state index is -1.23. The standard InChI is InChI=1S/C15H8ClNO5/c16-11-12(17(20)21)14(19)13(18)10-7-9(22-15(10)11)6-8-4-2-1-3-5-8/h1-5,7H,6H2. The minimum Gasteiger partial charge on any atom is -0.459 e. The van der Waals surface area contributed by atoms with Crippen LogP contribution in [-0.2, 0) is 11.2 Å². The molecule has 1 aliphatic rings. The highest BCUT2D eigenvalue weighted by atomic mass is 35.5. The molecule has 3 rings (SSSR count). The minimum absolute atomic E-state index is 0.0356. The topological polar surface area (TPSA) is 90.4 Å². The number of hydrogen-bond acceptors (Lipinski definition) is 5. The largest absolute Gasteiger partial charge is 0.459 e. The summed E-state index contributed by atoms with van der Waals surface area (Å²) in [5.41, 5.74) is -0.0479. The van der Waals surface area contributed by atoms with Gasteiger partial charge in [-0.2, -0.15) is 0 Å². The maximum Gasteiger partial charge on any atom is 0.342 e. The molecule has 0 atom stereocenters. The Morgan fingerprint density at radius 3 is 2.45 bits per heavy atom. The van der Waals surface area contributed by atoms with E-state index in [1.165, 1.54) is 6.07 Å². The number of fused-ring (bicyclic) bond motifs is 1. The first-order valence-electron chi connectivity index (χ1n) is 6.29. The lowest BCUT2D eigenvalue weighted by Gasteiger charge is -2.06. The van der Waals surface area contributed by atoms with Crippen molar-refractivity contribution in [2.45, 2.75) is 6.42 Å². The highest BCUT2D eigenvalue weighted by Gasteiger charge is 2.42. The van der Waals surface area contributed by atoms with E-state index in [0.29, 0.717) is 12.2 Å². The summed E-state index contributed by atoms with van der Waals surface area (Å²) in [5, 5.41) is 10.4. The van der Waals surface area contributed by atoms with Gasteiger partial charge in [-0.25, -0.2) is 0 Å². The van der Waals surface area contributed by atoms with Crippen LogP contribution in [0.5, 0.6) is 0 Å². The molecule has 2 aromatic rings. The van der Waals surface area contributed by atoms with Gasteiger partial charge in [-0.15, -0.1) is 0 Å². The van der Waals surface area contributed by atoms with Crippen molar-refractivity contribution in [1.82, 2.24) is 0 Å². The predicted octanol–water partition coefficient (Wildman–Crippen LogP) is 2.82. The van der Waals surface area contributed by atoms with Crippen LogP contribution in [0.2, 0.25) is 0 Å². The molecule has 0 unspecified atom stereocenters. The van der Waals surface area contributed by atoms with E-state index in [4.69, 9.17) is 16.0 Å². The van der Waals surface area contributed by atoms with Crippen LogP contribution in [0.3, 0.4) is 0 Å². The van der Waals surface area contributed by atoms with E-state index in [0.717, 1.165) is 5.56 Å². The molecule has 6 nitrogen and oxygen atoms in total. The summed E-state index contributed by atoms with van der Waals surface area (Å²) in [7, 11) is 0. The smallest absolute Gasteiger partial charge is 0.342 e. The molecule has 0 radical (unpaired) electrons. The second kappa shape index (κ2) is 5.23. The number of ketones is 2. The first-order chi connectivity index (χ1) is 10.5. The maximum absolute atomic E-state index is 11.9. The highest BCUT2D eigenvalue weighted by molar-refractivity contribution is 6.60. The molecule has 7 heteroatoms. The Bertz CT molecular complexity index is 835. The summed E-state index contributed by atoms with van der Waals surface area (Å²) in [6.45, 7) is 0. The molecule has 0 fully saturated rings. The molecule has 0 amide bonds. The van der Waals surface area contributed by atoms with E-state index in [1.54, 1.807) is 0 Å². The van der Waals surface area contributed by atoms with Gasteiger partial charge in [0.2, 0.25) is 5.78 Å². The predicted molar refractivity (Wildman–Crippen MR) is 77.1 cm³/mol. The number of halogens is 1. The van der Waals surface area contributed by atoms with Crippen LogP contribution < -0.4 is 0 Å². The zero-order chi connectivity index (χ0) is 15.9. The molecule has 1 aliphatic carbocycles. The van der Waals surface area contributed by atoms with Crippen molar-refractivity contribution in [2.75, 3.05) is 0 Å². The second-order valence-corrected chi connectivity index (χ2v) is 5.07. The van der Waals surface area contributed by atoms with Gasteiger partial charge in [-0.3, -0.25) is 19.7 Å². The van der Waals surface area contributed by atoms with Gasteiger partial charge in [0.1, 0.15) is 5.76 Å². The molecule has 1 heterocycles. The van der Waals surface area contributed by atoms with Gasteiger partial charge < -0.3 is 4.42 Å². The SMILES string of the molecule is O=C1C(=O)c2cc(Cc3ccccc3)oc2C(Cl)=C1[N+](=O)[O-]. The molecule has 0 N–H and O–H groups in total. The number of benzene rings is 1. The number of furan rings is 1. The number of rotatable bonds is 3. The fourth-order valence-electron chi connectivity index (χ4n) is 2.26. The van der Waals surface area contributed by atoms with Gasteiger partial charge in [0.05, 0.1) is 10.5 Å². The van der Waals surface area contributed by atoms with E-state index in [9.17, 15) is 19.7 Å². The quantitative estimate of drug-likeness (QED) is 0.493. The van der Waals surface area contributed by atoms with Crippen molar-refractivity contribution >= 4 is 28.2 Å². The summed E-state index contributed by atoms with van der Waals surface area (Å²) in [4.78, 5) is 33.6. The van der Waals surface area contributed by atoms with E-state index >= 15 is 0 Å². The van der Waals surface area contributed by atoms with Crippen molar-refractivity contribution in [2.24, 2.45) is 0 Å². The molecule has 0 aliphatic heterocycles. The van der Waals surface area contributed by atoms with Crippen LogP contribution in [-0.4, -0.2) is 16.5 Å². The van der Waals surface area contributed by atoms with E-state index < -0.39 is 27.2 Å². The first kappa shape index (κ1) is 14.2. The third-order valence-electron chi connectivity index (χ3n) is 3.26. The number of allylic oxidation sites excluding steroid dienone is 1. The Balaban J connectivity index is 2.06. The number of carbonyl (C=O) groups excluding carboxylic acids is 2. The zero-order valence-electron chi connectivity index (χ0n) is 11.0. The van der Waals surface area contributed by atoms with Gasteiger partial charge in [-0.05, 0) is 11.6 Å². The van der Waals surface area contributed by atoms with Crippen molar-refractivity contribution in [1.29, 1.82) is 0 Å². The Morgan fingerprint density at radius 2 is 1.82 bits per heavy atom. The number of Topliss-reactive ketones (excluding diaryl/α,β-unsaturated/α-hetero) is 2. The van der Waals surface area contributed by atoms with Crippen LogP contribution in [0.4, 0.5) is 0 Å². The van der Waals surface area contributed by atoms with Crippen molar-refractivity contribution in [3.05, 3.63) is 74.9 Å². The molecule has 1 aromatic carbocycles. The second-order valence-electron chi connectivity index (χ2n) is 4.70. The maximum atomic E-state index is 11.9. The number of hydrogen-bond donors (Lipinski definition) is 0. The van der Waals surface area contributed by atoms with Gasteiger partial charge in [-0.1, -0.05) is 41.9 Å². The molecule has 1 aromatic heterocycles. The molecule has 110 valence electrons. The lowest BCUT2D eigenvalue weighted by Crippen LogP contribution is -2.25. The third kappa shape index (κ3) is 2.23. The van der Waals surface area contributed by atoms with Crippen LogP contribution in [0, 0.1) is 10.1 Å². The number of nitrogens with zero attached hydrogens (tertiary/aromatic N) is 1. The average molecular weight is 318 g/mol. The van der Waals surface area contributed by atoms with Crippen LogP contribution >= 0.6 is 11.6 Å². The summed E-state index contributed by atoms with van der Waals surface area (Å²) >= 11 is 5.86.